The van der Waals surface area contributed by atoms with Gasteiger partial charge in [0.1, 0.15) is 12.3 Å². The Labute approximate surface area is 137 Å². The maximum Gasteiger partial charge on any atom is 0.353 e. The predicted molar refractivity (Wildman–Crippen MR) is 81.8 cm³/mol. The van der Waals surface area contributed by atoms with Gasteiger partial charge in [-0.1, -0.05) is 11.8 Å². The number of β-lactam (4-membered cyclic amide) rings is 1. The number of carboxylic acid groups (broad SMARTS) is 1. The van der Waals surface area contributed by atoms with E-state index in [0.29, 0.717) is 11.3 Å². The number of aliphatic hydroxyl groups is 1. The summed E-state index contributed by atoms with van der Waals surface area (Å²) in [5, 5.41) is 20.4. The van der Waals surface area contributed by atoms with E-state index in [2.05, 4.69) is 0 Å². The fourth-order valence-corrected chi connectivity index (χ4v) is 3.62. The zero-order chi connectivity index (χ0) is 17.1. The lowest BCUT2D eigenvalue weighted by Crippen LogP contribution is -2.61. The van der Waals surface area contributed by atoms with Crippen LogP contribution in [0.25, 0.3) is 0 Å². The van der Waals surface area contributed by atoms with Crippen molar-refractivity contribution in [3.63, 3.8) is 0 Å². The minimum absolute atomic E-state index is 0.0816. The second kappa shape index (κ2) is 7.16. The van der Waals surface area contributed by atoms with Crippen LogP contribution in [-0.4, -0.2) is 58.3 Å². The minimum Gasteiger partial charge on any atom is -0.477 e. The van der Waals surface area contributed by atoms with Gasteiger partial charge in [0.15, 0.2) is 0 Å². The third-order valence-electron chi connectivity index (χ3n) is 3.67. The number of aliphatic hydroxyl groups excluding tert-OH is 1. The van der Waals surface area contributed by atoms with Crippen molar-refractivity contribution in [3.05, 3.63) is 22.1 Å². The normalized spacial score (nSPS) is 24.7. The number of esters is 1. The highest BCUT2D eigenvalue weighted by molar-refractivity contribution is 8.05. The van der Waals surface area contributed by atoms with Crippen molar-refractivity contribution in [1.82, 2.24) is 4.90 Å². The second-order valence-corrected chi connectivity index (χ2v) is 6.20. The van der Waals surface area contributed by atoms with Crippen molar-refractivity contribution in [2.45, 2.75) is 25.5 Å². The summed E-state index contributed by atoms with van der Waals surface area (Å²) in [4.78, 5) is 36.4. The molecule has 9 heteroatoms. The molecule has 0 radical (unpaired) electrons. The molecule has 0 bridgehead atoms. The van der Waals surface area contributed by atoms with Gasteiger partial charge in [0.05, 0.1) is 18.1 Å². The van der Waals surface area contributed by atoms with Crippen molar-refractivity contribution in [1.29, 1.82) is 0 Å². The number of fused-ring (bicyclic) bond motifs is 1. The second-order valence-electron chi connectivity index (χ2n) is 5.20. The van der Waals surface area contributed by atoms with Gasteiger partial charge < -0.3 is 25.6 Å². The molecule has 23 heavy (non-hydrogen) atoms. The van der Waals surface area contributed by atoms with E-state index in [1.807, 2.05) is 0 Å². The first-order valence-corrected chi connectivity index (χ1v) is 7.94. The number of hydrogen-bond acceptors (Lipinski definition) is 7. The molecule has 3 atom stereocenters. The van der Waals surface area contributed by atoms with E-state index in [0.717, 1.165) is 11.8 Å². The van der Waals surface area contributed by atoms with Crippen LogP contribution in [0, 0.1) is 5.92 Å². The number of hydrogen-bond donors (Lipinski definition) is 3. The summed E-state index contributed by atoms with van der Waals surface area (Å²) in [6, 6.07) is -0.339. The summed E-state index contributed by atoms with van der Waals surface area (Å²) in [6.45, 7) is 1.84. The van der Waals surface area contributed by atoms with Crippen LogP contribution in [0.15, 0.2) is 22.1 Å². The van der Waals surface area contributed by atoms with Crippen LogP contribution in [0.3, 0.4) is 0 Å². The molecule has 2 heterocycles. The smallest absolute Gasteiger partial charge is 0.353 e. The number of carbonyl (C=O) groups excluding carboxylic acids is 2. The summed E-state index contributed by atoms with van der Waals surface area (Å²) in [5.74, 6) is -2.74. The Balaban J connectivity index is 2.06. The molecule has 2 aliphatic rings. The van der Waals surface area contributed by atoms with Gasteiger partial charge in [-0.2, -0.15) is 0 Å². The lowest BCUT2D eigenvalue weighted by Gasteiger charge is -2.44. The largest absolute Gasteiger partial charge is 0.477 e. The number of thioether (sulfide) groups is 1. The van der Waals surface area contributed by atoms with Crippen LogP contribution in [0.4, 0.5) is 0 Å². The Kier molecular flexibility index (Phi) is 5.45. The van der Waals surface area contributed by atoms with E-state index < -0.39 is 24.0 Å². The van der Waals surface area contributed by atoms with Crippen molar-refractivity contribution < 1.29 is 29.3 Å². The van der Waals surface area contributed by atoms with Crippen LogP contribution >= 0.6 is 11.8 Å². The van der Waals surface area contributed by atoms with Gasteiger partial charge in [-0.25, -0.2) is 9.59 Å². The number of rotatable bonds is 7. The van der Waals surface area contributed by atoms with Crippen molar-refractivity contribution >= 4 is 29.6 Å². The summed E-state index contributed by atoms with van der Waals surface area (Å²) in [7, 11) is 0. The molecule has 0 aliphatic carbocycles. The molecule has 1 fully saturated rings. The van der Waals surface area contributed by atoms with E-state index >= 15 is 0 Å². The first kappa shape index (κ1) is 17.5. The quantitative estimate of drug-likeness (QED) is 0.325. The maximum atomic E-state index is 12.0. The lowest BCUT2D eigenvalue weighted by molar-refractivity contribution is -0.161. The number of ether oxygens (including phenoxy) is 1. The van der Waals surface area contributed by atoms with Crippen LogP contribution in [0.5, 0.6) is 0 Å². The highest BCUT2D eigenvalue weighted by Gasteiger charge is 2.56. The molecule has 126 valence electrons. The summed E-state index contributed by atoms with van der Waals surface area (Å²) in [5.41, 5.74) is 5.13. The minimum atomic E-state index is -1.20. The summed E-state index contributed by atoms with van der Waals surface area (Å²) in [6.07, 6.45) is 0.691. The number of carboxylic acids is 1. The van der Waals surface area contributed by atoms with Crippen LogP contribution in [0.1, 0.15) is 13.3 Å². The average molecular weight is 342 g/mol. The molecule has 0 aromatic rings. The molecule has 1 saturated heterocycles. The Bertz CT molecular complexity index is 586. The molecular weight excluding hydrogens is 324 g/mol. The molecule has 2 rings (SSSR count). The molecular formula is C14H18N2O6S. The van der Waals surface area contributed by atoms with Gasteiger partial charge in [0.2, 0.25) is 5.91 Å². The summed E-state index contributed by atoms with van der Waals surface area (Å²) >= 11 is 1.06. The first-order valence-electron chi connectivity index (χ1n) is 7.06. The van der Waals surface area contributed by atoms with E-state index in [1.165, 1.54) is 23.3 Å². The molecule has 8 nitrogen and oxygen atoms in total. The molecule has 0 saturated carbocycles. The molecule has 0 spiro atoms. The van der Waals surface area contributed by atoms with E-state index in [9.17, 15) is 24.6 Å². The topological polar surface area (TPSA) is 130 Å². The molecule has 0 aromatic carbocycles. The average Bonchev–Trinajstić information content (AvgIpc) is 2.79. The highest BCUT2D eigenvalue weighted by Crippen LogP contribution is 2.47. The number of nitrogens with two attached hydrogens (primary N) is 1. The first-order chi connectivity index (χ1) is 10.9. The van der Waals surface area contributed by atoms with Gasteiger partial charge in [-0.05, 0) is 12.3 Å². The van der Waals surface area contributed by atoms with Crippen LogP contribution < -0.4 is 5.73 Å². The van der Waals surface area contributed by atoms with Gasteiger partial charge in [-0.15, -0.1) is 0 Å². The molecule has 4 N–H and O–H groups in total. The van der Waals surface area contributed by atoms with Crippen LogP contribution in [0.2, 0.25) is 0 Å². The van der Waals surface area contributed by atoms with E-state index in [4.69, 9.17) is 10.5 Å². The lowest BCUT2D eigenvalue weighted by atomic mass is 9.83. The van der Waals surface area contributed by atoms with E-state index in [-0.39, 0.29) is 30.8 Å². The zero-order valence-electron chi connectivity index (χ0n) is 12.5. The Morgan fingerprint density at radius 3 is 2.83 bits per heavy atom. The highest BCUT2D eigenvalue weighted by atomic mass is 32.2. The molecule has 1 amide bonds. The van der Waals surface area contributed by atoms with Gasteiger partial charge in [0, 0.05) is 23.9 Å². The number of aliphatic carboxylic acids is 1. The third-order valence-corrected chi connectivity index (χ3v) is 4.58. The number of carbonyl (C=O) groups is 3. The predicted octanol–water partition coefficient (Wildman–Crippen LogP) is -0.357. The Morgan fingerprint density at radius 2 is 2.26 bits per heavy atom. The number of amides is 1. The zero-order valence-corrected chi connectivity index (χ0v) is 13.3. The van der Waals surface area contributed by atoms with Crippen molar-refractivity contribution in [3.8, 4) is 0 Å². The summed E-state index contributed by atoms with van der Waals surface area (Å²) < 4.78 is 4.76. The van der Waals surface area contributed by atoms with Gasteiger partial charge in [-0.3, -0.25) is 4.79 Å². The maximum absolute atomic E-state index is 12.0. The monoisotopic (exact) mass is 342 g/mol. The van der Waals surface area contributed by atoms with Gasteiger partial charge in [0.25, 0.3) is 0 Å². The van der Waals surface area contributed by atoms with Crippen molar-refractivity contribution in [2.24, 2.45) is 11.7 Å². The molecule has 2 aliphatic heterocycles. The number of nitrogens with zero attached hydrogens (tertiary/aromatic N) is 1. The Hall–Kier alpha value is -1.84. The van der Waals surface area contributed by atoms with Gasteiger partial charge >= 0.3 is 11.9 Å². The van der Waals surface area contributed by atoms with E-state index in [1.54, 1.807) is 0 Å². The van der Waals surface area contributed by atoms with Crippen LogP contribution in [-0.2, 0) is 19.1 Å². The standard InChI is InChI=1S/C14H18N2O6S/c1-7(17)11-8-6-9(12(14(20)21)16(8)13(11)19)23-5-2-10(18)22-4-3-15/h2,5,7-8,11,17H,3-4,6,15H2,1H3,(H,20,21)/b5-2-/t7-,8-,11-/m1/s1. The Morgan fingerprint density at radius 1 is 1.57 bits per heavy atom. The van der Waals surface area contributed by atoms with Crippen molar-refractivity contribution in [2.75, 3.05) is 13.2 Å². The fraction of sp³-hybridized carbons (Fsp3) is 0.500. The third kappa shape index (κ3) is 3.41. The SMILES string of the molecule is C[C@@H](O)[C@H]1C(=O)N2C(C(=O)O)=C(S/C=C\C(=O)OCCN)C[C@H]12. The molecule has 0 unspecified atom stereocenters. The molecule has 0 aromatic heterocycles. The fourth-order valence-electron chi connectivity index (χ4n) is 2.72.